The van der Waals surface area contributed by atoms with Gasteiger partial charge in [0.15, 0.2) is 0 Å². The zero-order chi connectivity index (χ0) is 11.0. The second-order valence-corrected chi connectivity index (χ2v) is 4.81. The van der Waals surface area contributed by atoms with Crippen LogP contribution in [-0.4, -0.2) is 36.3 Å². The molecule has 0 aromatic carbocycles. The van der Waals surface area contributed by atoms with E-state index < -0.39 is 0 Å². The van der Waals surface area contributed by atoms with Gasteiger partial charge in [-0.25, -0.2) is 9.97 Å². The fourth-order valence-corrected chi connectivity index (χ4v) is 2.76. The van der Waals surface area contributed by atoms with Gasteiger partial charge >= 0.3 is 0 Å². The van der Waals surface area contributed by atoms with Crippen LogP contribution in [-0.2, 0) is 4.74 Å². The predicted molar refractivity (Wildman–Crippen MR) is 65.5 cm³/mol. The molecule has 1 fully saturated rings. The molecule has 3 heterocycles. The molecule has 0 radical (unpaired) electrons. The van der Waals surface area contributed by atoms with Crippen LogP contribution in [0.3, 0.4) is 0 Å². The molecule has 3 rings (SSSR count). The Kier molecular flexibility index (Phi) is 2.67. The number of halogens is 1. The van der Waals surface area contributed by atoms with Crippen LogP contribution in [0.25, 0.3) is 10.2 Å². The van der Waals surface area contributed by atoms with Gasteiger partial charge in [0, 0.05) is 18.5 Å². The summed E-state index contributed by atoms with van der Waals surface area (Å²) in [6.07, 6.45) is 0. The number of morpholine rings is 1. The Morgan fingerprint density at radius 3 is 2.94 bits per heavy atom. The van der Waals surface area contributed by atoms with Gasteiger partial charge < -0.3 is 9.64 Å². The van der Waals surface area contributed by atoms with Crippen molar-refractivity contribution >= 4 is 39.1 Å². The van der Waals surface area contributed by atoms with E-state index in [9.17, 15) is 0 Å². The molecule has 84 valence electrons. The molecule has 2 aromatic heterocycles. The first-order valence-corrected chi connectivity index (χ1v) is 6.34. The molecule has 6 heteroatoms. The normalized spacial score (nSPS) is 16.9. The van der Waals surface area contributed by atoms with Crippen LogP contribution in [0.4, 0.5) is 5.95 Å². The van der Waals surface area contributed by atoms with Crippen LogP contribution >= 0.6 is 22.9 Å². The van der Waals surface area contributed by atoms with E-state index in [0.717, 1.165) is 36.5 Å². The lowest BCUT2D eigenvalue weighted by Crippen LogP contribution is -2.37. The number of hydrogen-bond donors (Lipinski definition) is 0. The van der Waals surface area contributed by atoms with Gasteiger partial charge in [-0.1, -0.05) is 11.6 Å². The summed E-state index contributed by atoms with van der Waals surface area (Å²) in [4.78, 5) is 11.9. The van der Waals surface area contributed by atoms with Gasteiger partial charge in [0.05, 0.1) is 13.2 Å². The fraction of sp³-hybridized carbons (Fsp3) is 0.400. The standard InChI is InChI=1S/C10H10ClN3OS/c11-8-7-1-6-16-9(7)13-10(12-8)14-2-4-15-5-3-14/h1,6H,2-5H2. The minimum absolute atomic E-state index is 0.535. The lowest BCUT2D eigenvalue weighted by molar-refractivity contribution is 0.122. The maximum atomic E-state index is 6.12. The Hall–Kier alpha value is -0.910. The molecule has 1 aliphatic heterocycles. The number of nitrogens with zero attached hydrogens (tertiary/aromatic N) is 3. The van der Waals surface area contributed by atoms with Crippen molar-refractivity contribution in [2.75, 3.05) is 31.2 Å². The largest absolute Gasteiger partial charge is 0.378 e. The molecule has 0 N–H and O–H groups in total. The number of hydrogen-bond acceptors (Lipinski definition) is 5. The number of aromatic nitrogens is 2. The summed E-state index contributed by atoms with van der Waals surface area (Å²) in [5.41, 5.74) is 0. The van der Waals surface area contributed by atoms with Crippen LogP contribution < -0.4 is 4.90 Å². The number of ether oxygens (including phenoxy) is 1. The van der Waals surface area contributed by atoms with Crippen LogP contribution in [0, 0.1) is 0 Å². The van der Waals surface area contributed by atoms with Gasteiger partial charge in [0.2, 0.25) is 5.95 Å². The Morgan fingerprint density at radius 1 is 1.31 bits per heavy atom. The van der Waals surface area contributed by atoms with Crippen molar-refractivity contribution in [2.24, 2.45) is 0 Å². The Morgan fingerprint density at radius 2 is 2.12 bits per heavy atom. The Labute approximate surface area is 102 Å². The van der Waals surface area contributed by atoms with Crippen molar-refractivity contribution in [3.05, 3.63) is 16.6 Å². The molecule has 0 atom stereocenters. The van der Waals surface area contributed by atoms with Crippen molar-refractivity contribution in [3.8, 4) is 0 Å². The van der Waals surface area contributed by atoms with Crippen molar-refractivity contribution in [2.45, 2.75) is 0 Å². The van der Waals surface area contributed by atoms with E-state index in [-0.39, 0.29) is 0 Å². The van der Waals surface area contributed by atoms with Gasteiger partial charge in [0.1, 0.15) is 9.98 Å². The highest BCUT2D eigenvalue weighted by atomic mass is 35.5. The van der Waals surface area contributed by atoms with E-state index in [1.807, 2.05) is 11.4 Å². The maximum absolute atomic E-state index is 6.12. The maximum Gasteiger partial charge on any atom is 0.228 e. The van der Waals surface area contributed by atoms with Gasteiger partial charge in [-0.3, -0.25) is 0 Å². The molecular weight excluding hydrogens is 246 g/mol. The zero-order valence-electron chi connectivity index (χ0n) is 8.52. The van der Waals surface area contributed by atoms with Crippen LogP contribution in [0.1, 0.15) is 0 Å². The highest BCUT2D eigenvalue weighted by Crippen LogP contribution is 2.27. The first-order chi connectivity index (χ1) is 7.84. The highest BCUT2D eigenvalue weighted by Gasteiger charge is 2.16. The first kappa shape index (κ1) is 10.3. The van der Waals surface area contributed by atoms with E-state index in [0.29, 0.717) is 11.1 Å². The molecule has 1 aliphatic rings. The van der Waals surface area contributed by atoms with E-state index in [4.69, 9.17) is 16.3 Å². The summed E-state index contributed by atoms with van der Waals surface area (Å²) in [5, 5.41) is 3.45. The first-order valence-electron chi connectivity index (χ1n) is 5.08. The molecule has 0 bridgehead atoms. The van der Waals surface area contributed by atoms with Gasteiger partial charge in [-0.05, 0) is 11.4 Å². The van der Waals surface area contributed by atoms with E-state index >= 15 is 0 Å². The van der Waals surface area contributed by atoms with Gasteiger partial charge in [0.25, 0.3) is 0 Å². The lowest BCUT2D eigenvalue weighted by Gasteiger charge is -2.26. The molecular formula is C10H10ClN3OS. The SMILES string of the molecule is Clc1nc(N2CCOCC2)nc2sccc12. The molecule has 0 unspecified atom stereocenters. The number of thiophene rings is 1. The summed E-state index contributed by atoms with van der Waals surface area (Å²) in [6.45, 7) is 3.10. The van der Waals surface area contributed by atoms with E-state index in [1.54, 1.807) is 11.3 Å². The quantitative estimate of drug-likeness (QED) is 0.732. The second-order valence-electron chi connectivity index (χ2n) is 3.55. The molecule has 0 spiro atoms. The Bertz CT molecular complexity index is 510. The third-order valence-corrected chi connectivity index (χ3v) is 3.66. The number of anilines is 1. The lowest BCUT2D eigenvalue weighted by atomic mass is 10.4. The van der Waals surface area contributed by atoms with Crippen molar-refractivity contribution in [1.82, 2.24) is 9.97 Å². The topological polar surface area (TPSA) is 38.2 Å². The average Bonchev–Trinajstić information content (AvgIpc) is 2.79. The smallest absolute Gasteiger partial charge is 0.228 e. The van der Waals surface area contributed by atoms with E-state index in [2.05, 4.69) is 14.9 Å². The summed E-state index contributed by atoms with van der Waals surface area (Å²) in [5.74, 6) is 0.711. The Balaban J connectivity index is 2.02. The van der Waals surface area contributed by atoms with Gasteiger partial charge in [-0.15, -0.1) is 11.3 Å². The predicted octanol–water partition coefficient (Wildman–Crippen LogP) is 2.18. The fourth-order valence-electron chi connectivity index (χ4n) is 1.71. The molecule has 2 aromatic rings. The summed E-state index contributed by atoms with van der Waals surface area (Å²) in [6, 6.07) is 1.95. The van der Waals surface area contributed by atoms with Gasteiger partial charge in [-0.2, -0.15) is 0 Å². The van der Waals surface area contributed by atoms with Crippen LogP contribution in [0.5, 0.6) is 0 Å². The van der Waals surface area contributed by atoms with Crippen LogP contribution in [0.15, 0.2) is 11.4 Å². The molecule has 4 nitrogen and oxygen atoms in total. The zero-order valence-corrected chi connectivity index (χ0v) is 10.1. The molecule has 0 aliphatic carbocycles. The van der Waals surface area contributed by atoms with Crippen LogP contribution in [0.2, 0.25) is 5.15 Å². The average molecular weight is 256 g/mol. The minimum atomic E-state index is 0.535. The third kappa shape index (κ3) is 1.75. The minimum Gasteiger partial charge on any atom is -0.378 e. The summed E-state index contributed by atoms with van der Waals surface area (Å²) >= 11 is 7.71. The summed E-state index contributed by atoms with van der Waals surface area (Å²) in [7, 11) is 0. The monoisotopic (exact) mass is 255 g/mol. The van der Waals surface area contributed by atoms with Crippen molar-refractivity contribution in [1.29, 1.82) is 0 Å². The molecule has 0 saturated carbocycles. The molecule has 1 saturated heterocycles. The van der Waals surface area contributed by atoms with E-state index in [1.165, 1.54) is 0 Å². The number of rotatable bonds is 1. The number of fused-ring (bicyclic) bond motifs is 1. The molecule has 16 heavy (non-hydrogen) atoms. The van der Waals surface area contributed by atoms with Crippen molar-refractivity contribution < 1.29 is 4.74 Å². The molecule has 0 amide bonds. The second kappa shape index (κ2) is 4.16. The highest BCUT2D eigenvalue weighted by molar-refractivity contribution is 7.16. The third-order valence-electron chi connectivity index (χ3n) is 2.56. The summed E-state index contributed by atoms with van der Waals surface area (Å²) < 4.78 is 5.30. The van der Waals surface area contributed by atoms with Crippen molar-refractivity contribution in [3.63, 3.8) is 0 Å².